The maximum atomic E-state index is 6.23. The second kappa shape index (κ2) is 6.22. The van der Waals surface area contributed by atoms with Crippen molar-refractivity contribution >= 4 is 28.2 Å². The van der Waals surface area contributed by atoms with Crippen LogP contribution in [0.15, 0.2) is 30.3 Å². The van der Waals surface area contributed by atoms with E-state index in [9.17, 15) is 0 Å². The van der Waals surface area contributed by atoms with Crippen molar-refractivity contribution in [2.75, 3.05) is 32.2 Å². The molecule has 0 aliphatic carbocycles. The van der Waals surface area contributed by atoms with Gasteiger partial charge in [0.2, 0.25) is 0 Å². The molecule has 1 heterocycles. The normalized spacial score (nSPS) is 12.6. The molecule has 0 fully saturated rings. The van der Waals surface area contributed by atoms with Gasteiger partial charge >= 0.3 is 0 Å². The van der Waals surface area contributed by atoms with E-state index in [1.54, 1.807) is 7.11 Å². The number of hydrogen-bond donors (Lipinski definition) is 0. The summed E-state index contributed by atoms with van der Waals surface area (Å²) < 4.78 is 5.08. The second-order valence-corrected chi connectivity index (χ2v) is 5.35. The fraction of sp³-hybridized carbons (Fsp3) is 0.400. The number of ether oxygens (including phenoxy) is 1. The zero-order chi connectivity index (χ0) is 13.8. The summed E-state index contributed by atoms with van der Waals surface area (Å²) in [7, 11) is 3.72. The average molecular weight is 279 g/mol. The van der Waals surface area contributed by atoms with Gasteiger partial charge in [-0.2, -0.15) is 0 Å². The van der Waals surface area contributed by atoms with Crippen molar-refractivity contribution in [3.05, 3.63) is 36.0 Å². The molecule has 2 aromatic rings. The Kier molecular flexibility index (Phi) is 4.61. The number of aromatic nitrogens is 1. The first-order chi connectivity index (χ1) is 9.11. The summed E-state index contributed by atoms with van der Waals surface area (Å²) in [6.45, 7) is 3.30. The Bertz CT molecular complexity index is 559. The lowest BCUT2D eigenvalue weighted by atomic mass is 10.1. The number of halogens is 1. The van der Waals surface area contributed by atoms with E-state index >= 15 is 0 Å². The summed E-state index contributed by atoms with van der Waals surface area (Å²) in [5, 5.41) is 1.12. The molecule has 0 bridgehead atoms. The summed E-state index contributed by atoms with van der Waals surface area (Å²) >= 11 is 6.23. The average Bonchev–Trinajstić information content (AvgIpc) is 2.37. The summed E-state index contributed by atoms with van der Waals surface area (Å²) in [5.41, 5.74) is 3.19. The quantitative estimate of drug-likeness (QED) is 0.785. The molecular weight excluding hydrogens is 260 g/mol. The molecular formula is C15H19ClN2O. The molecule has 1 unspecified atom stereocenters. The lowest BCUT2D eigenvalue weighted by Crippen LogP contribution is -2.28. The summed E-state index contributed by atoms with van der Waals surface area (Å²) in [6.07, 6.45) is 0. The molecule has 0 spiro atoms. The van der Waals surface area contributed by atoms with Gasteiger partial charge in [0.25, 0.3) is 0 Å². The highest BCUT2D eigenvalue weighted by Gasteiger charge is 2.12. The molecule has 102 valence electrons. The first-order valence-corrected chi connectivity index (χ1v) is 6.76. The highest BCUT2D eigenvalue weighted by Crippen LogP contribution is 2.26. The van der Waals surface area contributed by atoms with Crippen molar-refractivity contribution in [2.45, 2.75) is 12.3 Å². The lowest BCUT2D eigenvalue weighted by Gasteiger charge is -2.23. The van der Waals surface area contributed by atoms with E-state index in [1.807, 2.05) is 32.2 Å². The molecule has 2 rings (SSSR count). The molecule has 0 saturated carbocycles. The van der Waals surface area contributed by atoms with Gasteiger partial charge in [0.15, 0.2) is 0 Å². The number of fused-ring (bicyclic) bond motifs is 1. The number of rotatable bonds is 5. The van der Waals surface area contributed by atoms with E-state index in [2.05, 4.69) is 22.0 Å². The third-order valence-electron chi connectivity index (χ3n) is 3.05. The van der Waals surface area contributed by atoms with Gasteiger partial charge in [-0.1, -0.05) is 18.2 Å². The lowest BCUT2D eigenvalue weighted by molar-refractivity contribution is 0.199. The van der Waals surface area contributed by atoms with Crippen LogP contribution in [-0.2, 0) is 4.74 Å². The Morgan fingerprint density at radius 2 is 2.11 bits per heavy atom. The minimum absolute atomic E-state index is 0.0257. The number of benzene rings is 1. The monoisotopic (exact) mass is 278 g/mol. The van der Waals surface area contributed by atoms with Gasteiger partial charge in [-0.15, -0.1) is 11.6 Å². The van der Waals surface area contributed by atoms with Gasteiger partial charge in [0, 0.05) is 37.5 Å². The standard InChI is InChI=1S/C15H19ClN2O/c1-11-8-15(18(2)9-12(16)10-19-3)13-6-4-5-7-14(13)17-11/h4-8,12H,9-10H2,1-3H3. The van der Waals surface area contributed by atoms with E-state index in [-0.39, 0.29) is 5.38 Å². The smallest absolute Gasteiger partial charge is 0.0744 e. The molecule has 0 aliphatic rings. The highest BCUT2D eigenvalue weighted by atomic mass is 35.5. The molecule has 1 aromatic carbocycles. The number of alkyl halides is 1. The molecule has 1 aromatic heterocycles. The zero-order valence-corrected chi connectivity index (χ0v) is 12.3. The number of aryl methyl sites for hydroxylation is 1. The van der Waals surface area contributed by atoms with Crippen LogP contribution in [0.4, 0.5) is 5.69 Å². The van der Waals surface area contributed by atoms with Crippen molar-refractivity contribution in [3.8, 4) is 0 Å². The molecule has 0 radical (unpaired) electrons. The van der Waals surface area contributed by atoms with Gasteiger partial charge in [0.1, 0.15) is 0 Å². The SMILES string of the molecule is COCC(Cl)CN(C)c1cc(C)nc2ccccc12. The third kappa shape index (κ3) is 3.37. The van der Waals surface area contributed by atoms with E-state index in [4.69, 9.17) is 16.3 Å². The number of anilines is 1. The predicted molar refractivity (Wildman–Crippen MR) is 81.3 cm³/mol. The van der Waals surface area contributed by atoms with Crippen LogP contribution in [0.25, 0.3) is 10.9 Å². The molecule has 0 N–H and O–H groups in total. The largest absolute Gasteiger partial charge is 0.383 e. The first-order valence-electron chi connectivity index (χ1n) is 6.32. The number of para-hydroxylation sites is 1. The van der Waals surface area contributed by atoms with Crippen molar-refractivity contribution < 1.29 is 4.74 Å². The minimum atomic E-state index is -0.0257. The third-order valence-corrected chi connectivity index (χ3v) is 3.32. The topological polar surface area (TPSA) is 25.4 Å². The maximum absolute atomic E-state index is 6.23. The van der Waals surface area contributed by atoms with Crippen LogP contribution >= 0.6 is 11.6 Å². The number of pyridine rings is 1. The van der Waals surface area contributed by atoms with Gasteiger partial charge in [0.05, 0.1) is 17.5 Å². The molecule has 4 heteroatoms. The van der Waals surface area contributed by atoms with Gasteiger partial charge < -0.3 is 9.64 Å². The molecule has 19 heavy (non-hydrogen) atoms. The fourth-order valence-electron chi connectivity index (χ4n) is 2.23. The molecule has 3 nitrogen and oxygen atoms in total. The Morgan fingerprint density at radius 1 is 1.37 bits per heavy atom. The second-order valence-electron chi connectivity index (χ2n) is 4.73. The van der Waals surface area contributed by atoms with E-state index in [0.717, 1.165) is 28.8 Å². The van der Waals surface area contributed by atoms with Crippen LogP contribution in [0.2, 0.25) is 0 Å². The molecule has 1 atom stereocenters. The van der Waals surface area contributed by atoms with Crippen LogP contribution in [0.5, 0.6) is 0 Å². The Morgan fingerprint density at radius 3 is 2.84 bits per heavy atom. The summed E-state index contributed by atoms with van der Waals surface area (Å²) in [4.78, 5) is 6.71. The van der Waals surface area contributed by atoms with Crippen LogP contribution in [0.3, 0.4) is 0 Å². The summed E-state index contributed by atoms with van der Waals surface area (Å²) in [6, 6.07) is 10.3. The van der Waals surface area contributed by atoms with E-state index < -0.39 is 0 Å². The highest BCUT2D eigenvalue weighted by molar-refractivity contribution is 6.21. The van der Waals surface area contributed by atoms with Gasteiger partial charge in [-0.05, 0) is 19.1 Å². The van der Waals surface area contributed by atoms with Crippen LogP contribution in [0, 0.1) is 6.92 Å². The van der Waals surface area contributed by atoms with Crippen LogP contribution in [0.1, 0.15) is 5.69 Å². The maximum Gasteiger partial charge on any atom is 0.0744 e. The van der Waals surface area contributed by atoms with E-state index in [1.165, 1.54) is 0 Å². The van der Waals surface area contributed by atoms with Gasteiger partial charge in [-0.25, -0.2) is 0 Å². The Labute approximate surface area is 119 Å². The molecule has 0 amide bonds. The van der Waals surface area contributed by atoms with E-state index in [0.29, 0.717) is 6.61 Å². The number of hydrogen-bond acceptors (Lipinski definition) is 3. The van der Waals surface area contributed by atoms with Crippen LogP contribution in [-0.4, -0.2) is 37.7 Å². The first kappa shape index (κ1) is 14.1. The minimum Gasteiger partial charge on any atom is -0.383 e. The van der Waals surface area contributed by atoms with Gasteiger partial charge in [-0.3, -0.25) is 4.98 Å². The van der Waals surface area contributed by atoms with Crippen molar-refractivity contribution in [3.63, 3.8) is 0 Å². The fourth-order valence-corrected chi connectivity index (χ4v) is 2.56. The van der Waals surface area contributed by atoms with Crippen molar-refractivity contribution in [1.82, 2.24) is 4.98 Å². The number of nitrogens with zero attached hydrogens (tertiary/aromatic N) is 2. The molecule has 0 saturated heterocycles. The Balaban J connectivity index is 2.33. The summed E-state index contributed by atoms with van der Waals surface area (Å²) in [5.74, 6) is 0. The van der Waals surface area contributed by atoms with Crippen LogP contribution < -0.4 is 4.90 Å². The van der Waals surface area contributed by atoms with Crippen molar-refractivity contribution in [1.29, 1.82) is 0 Å². The Hall–Kier alpha value is -1.32. The number of methoxy groups -OCH3 is 1. The predicted octanol–water partition coefficient (Wildman–Crippen LogP) is 3.23. The van der Waals surface area contributed by atoms with Crippen molar-refractivity contribution in [2.24, 2.45) is 0 Å². The molecule has 0 aliphatic heterocycles. The zero-order valence-electron chi connectivity index (χ0n) is 11.6.